The molecule has 1 fully saturated rings. The van der Waals surface area contributed by atoms with Gasteiger partial charge in [0.1, 0.15) is 6.04 Å². The Balaban J connectivity index is 1.85. The number of rotatable bonds is 4. The molecule has 0 aromatic heterocycles. The molecule has 2 aromatic carbocycles. The van der Waals surface area contributed by atoms with Crippen LogP contribution < -0.4 is 5.32 Å². The van der Waals surface area contributed by atoms with E-state index in [9.17, 15) is 9.59 Å². The Morgan fingerprint density at radius 2 is 1.75 bits per heavy atom. The van der Waals surface area contributed by atoms with Gasteiger partial charge in [0.15, 0.2) is 0 Å². The van der Waals surface area contributed by atoms with Gasteiger partial charge >= 0.3 is 5.97 Å². The maximum absolute atomic E-state index is 12.8. The van der Waals surface area contributed by atoms with Gasteiger partial charge in [-0.2, -0.15) is 0 Å². The third-order valence-electron chi connectivity index (χ3n) is 4.90. The van der Waals surface area contributed by atoms with E-state index < -0.39 is 6.04 Å². The second-order valence-electron chi connectivity index (χ2n) is 6.40. The standard InChI is InChI=1S/C20H23NO3/c1-24-20(23)18(15-9-3-2-4-10-15)21-19(22)17-13-7-11-14-8-5-6-12-16(14)17/h5-8,11-13,15,18H,2-4,9-10H2,1H3,(H,21,22)/t18-/m0/s1. The molecule has 4 heteroatoms. The van der Waals surface area contributed by atoms with Crippen molar-refractivity contribution in [3.63, 3.8) is 0 Å². The van der Waals surface area contributed by atoms with Crippen LogP contribution in [0.5, 0.6) is 0 Å². The molecule has 1 aliphatic carbocycles. The van der Waals surface area contributed by atoms with E-state index >= 15 is 0 Å². The molecule has 0 unspecified atom stereocenters. The molecule has 1 aliphatic rings. The predicted molar refractivity (Wildman–Crippen MR) is 93.8 cm³/mol. The fraction of sp³-hybridized carbons (Fsp3) is 0.400. The summed E-state index contributed by atoms with van der Waals surface area (Å²) in [6.45, 7) is 0. The number of nitrogens with one attached hydrogen (secondary N) is 1. The lowest BCUT2D eigenvalue weighted by Gasteiger charge is -2.29. The molecule has 0 bridgehead atoms. The SMILES string of the molecule is COC(=O)[C@@H](NC(=O)c1cccc2ccccc12)C1CCCCC1. The maximum Gasteiger partial charge on any atom is 0.328 e. The van der Waals surface area contributed by atoms with Crippen molar-refractivity contribution in [3.05, 3.63) is 48.0 Å². The van der Waals surface area contributed by atoms with Crippen LogP contribution in [0.4, 0.5) is 0 Å². The smallest absolute Gasteiger partial charge is 0.328 e. The molecule has 1 amide bonds. The van der Waals surface area contributed by atoms with Gasteiger partial charge in [0.05, 0.1) is 7.11 Å². The van der Waals surface area contributed by atoms with Crippen LogP contribution in [0, 0.1) is 5.92 Å². The summed E-state index contributed by atoms with van der Waals surface area (Å²) < 4.78 is 4.94. The van der Waals surface area contributed by atoms with Gasteiger partial charge in [0, 0.05) is 5.56 Å². The number of fused-ring (bicyclic) bond motifs is 1. The normalized spacial score (nSPS) is 16.5. The van der Waals surface area contributed by atoms with Crippen LogP contribution in [0.15, 0.2) is 42.5 Å². The Morgan fingerprint density at radius 1 is 1.04 bits per heavy atom. The number of hydrogen-bond acceptors (Lipinski definition) is 3. The van der Waals surface area contributed by atoms with Crippen LogP contribution in [0.25, 0.3) is 10.8 Å². The van der Waals surface area contributed by atoms with E-state index in [2.05, 4.69) is 5.32 Å². The second-order valence-corrected chi connectivity index (χ2v) is 6.40. The van der Waals surface area contributed by atoms with Crippen LogP contribution in [-0.2, 0) is 9.53 Å². The number of methoxy groups -OCH3 is 1. The molecule has 0 heterocycles. The number of ether oxygens (including phenoxy) is 1. The highest BCUT2D eigenvalue weighted by Crippen LogP contribution is 2.27. The summed E-state index contributed by atoms with van der Waals surface area (Å²) in [5.41, 5.74) is 0.595. The minimum Gasteiger partial charge on any atom is -0.467 e. The van der Waals surface area contributed by atoms with E-state index in [1.165, 1.54) is 13.5 Å². The summed E-state index contributed by atoms with van der Waals surface area (Å²) in [5, 5.41) is 4.84. The molecule has 4 nitrogen and oxygen atoms in total. The summed E-state index contributed by atoms with van der Waals surface area (Å²) in [7, 11) is 1.38. The molecule has 1 saturated carbocycles. The molecule has 0 aliphatic heterocycles. The lowest BCUT2D eigenvalue weighted by atomic mass is 9.83. The molecule has 0 saturated heterocycles. The summed E-state index contributed by atoms with van der Waals surface area (Å²) in [4.78, 5) is 25.0. The quantitative estimate of drug-likeness (QED) is 0.872. The number of esters is 1. The molecule has 0 spiro atoms. The van der Waals surface area contributed by atoms with E-state index in [-0.39, 0.29) is 17.8 Å². The first kappa shape index (κ1) is 16.5. The monoisotopic (exact) mass is 325 g/mol. The zero-order valence-corrected chi connectivity index (χ0v) is 14.0. The predicted octanol–water partition coefficient (Wildman–Crippen LogP) is 3.69. The van der Waals surface area contributed by atoms with Crippen molar-refractivity contribution in [2.75, 3.05) is 7.11 Å². The molecule has 2 aromatic rings. The van der Waals surface area contributed by atoms with Gasteiger partial charge in [0.25, 0.3) is 5.91 Å². The van der Waals surface area contributed by atoms with Gasteiger partial charge in [-0.15, -0.1) is 0 Å². The largest absolute Gasteiger partial charge is 0.467 e. The van der Waals surface area contributed by atoms with Gasteiger partial charge in [-0.25, -0.2) is 4.79 Å². The first-order chi connectivity index (χ1) is 11.7. The van der Waals surface area contributed by atoms with E-state index in [1.807, 2.05) is 36.4 Å². The summed E-state index contributed by atoms with van der Waals surface area (Å²) >= 11 is 0. The number of carbonyl (C=O) groups excluding carboxylic acids is 2. The second kappa shape index (κ2) is 7.47. The number of hydrogen-bond donors (Lipinski definition) is 1. The summed E-state index contributed by atoms with van der Waals surface area (Å²) in [6, 6.07) is 12.8. The Bertz CT molecular complexity index is 729. The van der Waals surface area contributed by atoms with E-state index in [0.717, 1.165) is 36.5 Å². The summed E-state index contributed by atoms with van der Waals surface area (Å²) in [6.07, 6.45) is 5.30. The average Bonchev–Trinajstić information content (AvgIpc) is 2.65. The Morgan fingerprint density at radius 3 is 2.50 bits per heavy atom. The first-order valence-electron chi connectivity index (χ1n) is 8.57. The van der Waals surface area contributed by atoms with Gasteiger partial charge in [0.2, 0.25) is 0 Å². The van der Waals surface area contributed by atoms with Gasteiger partial charge in [-0.1, -0.05) is 55.7 Å². The molecule has 1 N–H and O–H groups in total. The van der Waals surface area contributed by atoms with Crippen molar-refractivity contribution in [3.8, 4) is 0 Å². The Kier molecular flexibility index (Phi) is 5.14. The topological polar surface area (TPSA) is 55.4 Å². The molecular weight excluding hydrogens is 302 g/mol. The van der Waals surface area contributed by atoms with Crippen molar-refractivity contribution in [1.82, 2.24) is 5.32 Å². The maximum atomic E-state index is 12.8. The zero-order valence-electron chi connectivity index (χ0n) is 14.0. The number of carbonyl (C=O) groups is 2. The van der Waals surface area contributed by atoms with E-state index in [0.29, 0.717) is 5.56 Å². The highest BCUT2D eigenvalue weighted by atomic mass is 16.5. The Hall–Kier alpha value is -2.36. The minimum absolute atomic E-state index is 0.158. The third-order valence-corrected chi connectivity index (χ3v) is 4.90. The average molecular weight is 325 g/mol. The van der Waals surface area contributed by atoms with E-state index in [1.54, 1.807) is 6.07 Å². The van der Waals surface area contributed by atoms with Gasteiger partial charge in [-0.3, -0.25) is 4.79 Å². The minimum atomic E-state index is -0.568. The lowest BCUT2D eigenvalue weighted by Crippen LogP contribution is -2.47. The molecule has 1 atom stereocenters. The molecule has 3 rings (SSSR count). The number of benzene rings is 2. The van der Waals surface area contributed by atoms with Gasteiger partial charge in [-0.05, 0) is 35.6 Å². The van der Waals surface area contributed by atoms with Crippen molar-refractivity contribution in [1.29, 1.82) is 0 Å². The molecule has 0 radical (unpaired) electrons. The van der Waals surface area contributed by atoms with Crippen LogP contribution in [-0.4, -0.2) is 25.0 Å². The lowest BCUT2D eigenvalue weighted by molar-refractivity contribution is -0.144. The van der Waals surface area contributed by atoms with Crippen LogP contribution in [0.1, 0.15) is 42.5 Å². The molecule has 24 heavy (non-hydrogen) atoms. The van der Waals surface area contributed by atoms with Gasteiger partial charge < -0.3 is 10.1 Å². The fourth-order valence-electron chi connectivity index (χ4n) is 3.61. The molecular formula is C20H23NO3. The number of amides is 1. The Labute approximate surface area is 142 Å². The zero-order chi connectivity index (χ0) is 16.9. The highest BCUT2D eigenvalue weighted by molar-refractivity contribution is 6.08. The highest BCUT2D eigenvalue weighted by Gasteiger charge is 2.32. The van der Waals surface area contributed by atoms with Crippen LogP contribution >= 0.6 is 0 Å². The van der Waals surface area contributed by atoms with Crippen molar-refractivity contribution in [2.45, 2.75) is 38.1 Å². The first-order valence-corrected chi connectivity index (χ1v) is 8.57. The van der Waals surface area contributed by atoms with Crippen molar-refractivity contribution >= 4 is 22.6 Å². The summed E-state index contributed by atoms with van der Waals surface area (Å²) in [5.74, 6) is -0.409. The fourth-order valence-corrected chi connectivity index (χ4v) is 3.61. The van der Waals surface area contributed by atoms with Crippen molar-refractivity contribution < 1.29 is 14.3 Å². The van der Waals surface area contributed by atoms with Crippen LogP contribution in [0.2, 0.25) is 0 Å². The molecule has 126 valence electrons. The third kappa shape index (κ3) is 3.42. The van der Waals surface area contributed by atoms with E-state index in [4.69, 9.17) is 4.74 Å². The van der Waals surface area contributed by atoms with Crippen LogP contribution in [0.3, 0.4) is 0 Å². The van der Waals surface area contributed by atoms with Crippen molar-refractivity contribution in [2.24, 2.45) is 5.92 Å².